The van der Waals surface area contributed by atoms with E-state index in [1.165, 1.54) is 0 Å². The first-order chi connectivity index (χ1) is 8.34. The van der Waals surface area contributed by atoms with Crippen molar-refractivity contribution >= 4 is 0 Å². The van der Waals surface area contributed by atoms with Crippen molar-refractivity contribution in [1.29, 1.82) is 0 Å². The zero-order chi connectivity index (χ0) is 14.2. The maximum absolute atomic E-state index is 12.0. The third-order valence-electron chi connectivity index (χ3n) is 3.44. The van der Waals surface area contributed by atoms with E-state index < -0.39 is 12.7 Å². The summed E-state index contributed by atoms with van der Waals surface area (Å²) in [6.45, 7) is 9.69. The summed E-state index contributed by atoms with van der Waals surface area (Å²) >= 11 is 0. The highest BCUT2D eigenvalue weighted by atomic mass is 19.4. The second-order valence-electron chi connectivity index (χ2n) is 4.87. The Hall–Kier alpha value is -0.290. The van der Waals surface area contributed by atoms with Crippen molar-refractivity contribution in [3.63, 3.8) is 0 Å². The van der Waals surface area contributed by atoms with Gasteiger partial charge in [0, 0.05) is 19.1 Å². The minimum absolute atomic E-state index is 0.137. The van der Waals surface area contributed by atoms with Gasteiger partial charge >= 0.3 is 6.18 Å². The molecule has 0 aliphatic heterocycles. The molecule has 5 heteroatoms. The Morgan fingerprint density at radius 3 is 2.06 bits per heavy atom. The third-order valence-corrected chi connectivity index (χ3v) is 3.44. The Balaban J connectivity index is 4.06. The standard InChI is InChI=1S/C13H27F3N2/c1-5-12(6-2)9-18(7-3)11(4)8-17-10-13(14,15)16/h11-12,17H,5-10H2,1-4H3. The van der Waals surface area contributed by atoms with Gasteiger partial charge in [-0.05, 0) is 19.4 Å². The summed E-state index contributed by atoms with van der Waals surface area (Å²) in [6.07, 6.45) is -1.88. The molecule has 18 heavy (non-hydrogen) atoms. The molecule has 0 saturated heterocycles. The van der Waals surface area contributed by atoms with Gasteiger partial charge in [-0.15, -0.1) is 0 Å². The number of alkyl halides is 3. The minimum atomic E-state index is -4.12. The number of nitrogens with one attached hydrogen (secondary N) is 1. The summed E-state index contributed by atoms with van der Waals surface area (Å²) in [5.74, 6) is 0.634. The molecular formula is C13H27F3N2. The first-order valence-corrected chi connectivity index (χ1v) is 6.85. The molecule has 0 radical (unpaired) electrons. The Morgan fingerprint density at radius 2 is 1.67 bits per heavy atom. The average molecular weight is 268 g/mol. The van der Waals surface area contributed by atoms with Gasteiger partial charge in [-0.2, -0.15) is 13.2 Å². The lowest BCUT2D eigenvalue weighted by Crippen LogP contribution is -2.44. The highest BCUT2D eigenvalue weighted by Gasteiger charge is 2.26. The first-order valence-electron chi connectivity index (χ1n) is 6.85. The zero-order valence-corrected chi connectivity index (χ0v) is 12.0. The van der Waals surface area contributed by atoms with Gasteiger partial charge in [-0.1, -0.05) is 33.6 Å². The Bertz CT molecular complexity index is 203. The van der Waals surface area contributed by atoms with E-state index in [0.29, 0.717) is 12.5 Å². The number of hydrogen-bond acceptors (Lipinski definition) is 2. The summed E-state index contributed by atoms with van der Waals surface area (Å²) in [7, 11) is 0. The third kappa shape index (κ3) is 7.93. The van der Waals surface area contributed by atoms with E-state index in [2.05, 4.69) is 31.0 Å². The van der Waals surface area contributed by atoms with Crippen LogP contribution in [0.4, 0.5) is 13.2 Å². The largest absolute Gasteiger partial charge is 0.401 e. The second kappa shape index (κ2) is 8.75. The normalized spacial score (nSPS) is 14.5. The summed E-state index contributed by atoms with van der Waals surface area (Å²) in [4.78, 5) is 2.25. The number of rotatable bonds is 9. The molecule has 110 valence electrons. The molecule has 1 unspecified atom stereocenters. The Morgan fingerprint density at radius 1 is 1.11 bits per heavy atom. The van der Waals surface area contributed by atoms with Gasteiger partial charge < -0.3 is 5.32 Å². The fourth-order valence-corrected chi connectivity index (χ4v) is 2.05. The van der Waals surface area contributed by atoms with Crippen LogP contribution in [0.15, 0.2) is 0 Å². The highest BCUT2D eigenvalue weighted by Crippen LogP contribution is 2.14. The van der Waals surface area contributed by atoms with Crippen molar-refractivity contribution in [3.05, 3.63) is 0 Å². The van der Waals surface area contributed by atoms with Crippen LogP contribution in [0.5, 0.6) is 0 Å². The number of hydrogen-bond donors (Lipinski definition) is 1. The fraction of sp³-hybridized carbons (Fsp3) is 1.00. The van der Waals surface area contributed by atoms with Crippen LogP contribution in [-0.2, 0) is 0 Å². The Kier molecular flexibility index (Phi) is 8.61. The lowest BCUT2D eigenvalue weighted by molar-refractivity contribution is -0.125. The van der Waals surface area contributed by atoms with Gasteiger partial charge in [0.25, 0.3) is 0 Å². The predicted molar refractivity (Wildman–Crippen MR) is 69.7 cm³/mol. The lowest BCUT2D eigenvalue weighted by Gasteiger charge is -2.31. The van der Waals surface area contributed by atoms with E-state index in [4.69, 9.17) is 0 Å². The SMILES string of the molecule is CCC(CC)CN(CC)C(C)CNCC(F)(F)F. The van der Waals surface area contributed by atoms with Crippen molar-refractivity contribution < 1.29 is 13.2 Å². The number of likely N-dealkylation sites (N-methyl/N-ethyl adjacent to an activating group) is 1. The molecule has 0 amide bonds. The topological polar surface area (TPSA) is 15.3 Å². The molecule has 0 rings (SSSR count). The van der Waals surface area contributed by atoms with E-state index in [-0.39, 0.29) is 6.04 Å². The van der Waals surface area contributed by atoms with Crippen molar-refractivity contribution in [1.82, 2.24) is 10.2 Å². The molecule has 2 nitrogen and oxygen atoms in total. The molecule has 0 aliphatic rings. The summed E-state index contributed by atoms with van der Waals surface area (Å²) in [5, 5.41) is 2.48. The van der Waals surface area contributed by atoms with E-state index in [9.17, 15) is 13.2 Å². The quantitative estimate of drug-likeness (QED) is 0.690. The van der Waals surface area contributed by atoms with Gasteiger partial charge in [0.05, 0.1) is 6.54 Å². The lowest BCUT2D eigenvalue weighted by atomic mass is 10.0. The second-order valence-corrected chi connectivity index (χ2v) is 4.87. The molecule has 1 N–H and O–H groups in total. The van der Waals surface area contributed by atoms with Crippen LogP contribution < -0.4 is 5.32 Å². The fourth-order valence-electron chi connectivity index (χ4n) is 2.05. The average Bonchev–Trinajstić information content (AvgIpc) is 2.29. The molecule has 0 aromatic rings. The van der Waals surface area contributed by atoms with Crippen LogP contribution in [-0.4, -0.2) is 43.3 Å². The van der Waals surface area contributed by atoms with Gasteiger partial charge in [0.15, 0.2) is 0 Å². The molecular weight excluding hydrogens is 241 g/mol. The summed E-state index contributed by atoms with van der Waals surface area (Å²) in [6, 6.07) is 0.137. The van der Waals surface area contributed by atoms with Crippen molar-refractivity contribution in [2.45, 2.75) is 52.8 Å². The number of nitrogens with zero attached hydrogens (tertiary/aromatic N) is 1. The summed E-state index contributed by atoms with van der Waals surface area (Å²) in [5.41, 5.74) is 0. The molecule has 1 atom stereocenters. The van der Waals surface area contributed by atoms with E-state index >= 15 is 0 Å². The Labute approximate surface area is 109 Å². The number of halogens is 3. The first kappa shape index (κ1) is 17.7. The van der Waals surface area contributed by atoms with Crippen molar-refractivity contribution in [3.8, 4) is 0 Å². The molecule has 0 aromatic heterocycles. The van der Waals surface area contributed by atoms with Gasteiger partial charge in [-0.25, -0.2) is 0 Å². The summed E-state index contributed by atoms with van der Waals surface area (Å²) < 4.78 is 36.1. The maximum atomic E-state index is 12.0. The molecule has 0 saturated carbocycles. The molecule has 0 heterocycles. The maximum Gasteiger partial charge on any atom is 0.401 e. The van der Waals surface area contributed by atoms with Crippen LogP contribution in [0, 0.1) is 5.92 Å². The van der Waals surface area contributed by atoms with E-state index in [1.54, 1.807) is 0 Å². The zero-order valence-electron chi connectivity index (χ0n) is 12.0. The van der Waals surface area contributed by atoms with Crippen LogP contribution in [0.1, 0.15) is 40.5 Å². The monoisotopic (exact) mass is 268 g/mol. The van der Waals surface area contributed by atoms with Crippen molar-refractivity contribution in [2.75, 3.05) is 26.2 Å². The van der Waals surface area contributed by atoms with Crippen molar-refractivity contribution in [2.24, 2.45) is 5.92 Å². The van der Waals surface area contributed by atoms with Crippen LogP contribution >= 0.6 is 0 Å². The minimum Gasteiger partial charge on any atom is -0.307 e. The molecule has 0 aromatic carbocycles. The molecule has 0 aliphatic carbocycles. The predicted octanol–water partition coefficient (Wildman–Crippen LogP) is 3.28. The smallest absolute Gasteiger partial charge is 0.307 e. The van der Waals surface area contributed by atoms with E-state index in [1.807, 2.05) is 6.92 Å². The van der Waals surface area contributed by atoms with E-state index in [0.717, 1.165) is 25.9 Å². The molecule has 0 spiro atoms. The van der Waals surface area contributed by atoms with Gasteiger partial charge in [0.2, 0.25) is 0 Å². The van der Waals surface area contributed by atoms with Gasteiger partial charge in [-0.3, -0.25) is 4.90 Å². The van der Waals surface area contributed by atoms with Gasteiger partial charge in [0.1, 0.15) is 0 Å². The van der Waals surface area contributed by atoms with Crippen LogP contribution in [0.3, 0.4) is 0 Å². The van der Waals surface area contributed by atoms with Crippen LogP contribution in [0.25, 0.3) is 0 Å². The molecule has 0 bridgehead atoms. The molecule has 0 fully saturated rings. The van der Waals surface area contributed by atoms with Crippen LogP contribution in [0.2, 0.25) is 0 Å². The highest BCUT2D eigenvalue weighted by molar-refractivity contribution is 4.72.